The Hall–Kier alpha value is -1.59. The van der Waals surface area contributed by atoms with E-state index in [1.165, 1.54) is 24.1 Å². The number of nitrogens with one attached hydrogen (secondary N) is 1. The van der Waals surface area contributed by atoms with Gasteiger partial charge in [0.25, 0.3) is 5.91 Å². The van der Waals surface area contributed by atoms with Crippen LogP contribution in [0.2, 0.25) is 0 Å². The number of para-hydroxylation sites is 1. The fraction of sp³-hybridized carbons (Fsp3) is 0.632. The lowest BCUT2D eigenvalue weighted by molar-refractivity contribution is -0.157. The Kier molecular flexibility index (Phi) is 5.41. The molecular formula is C19H29N3O2. The fourth-order valence-electron chi connectivity index (χ4n) is 3.92. The largest absolute Gasteiger partial charge is 0.371 e. The summed E-state index contributed by atoms with van der Waals surface area (Å²) in [5, 5.41) is 3.31. The first-order chi connectivity index (χ1) is 11.7. The topological polar surface area (TPSA) is 44.8 Å². The van der Waals surface area contributed by atoms with E-state index in [4.69, 9.17) is 4.74 Å². The predicted octanol–water partition coefficient (Wildman–Crippen LogP) is 2.01. The third kappa shape index (κ3) is 3.42. The van der Waals surface area contributed by atoms with E-state index in [9.17, 15) is 4.79 Å². The molecule has 5 nitrogen and oxygen atoms in total. The second-order valence-electron chi connectivity index (χ2n) is 6.93. The number of amides is 1. The van der Waals surface area contributed by atoms with Gasteiger partial charge in [-0.1, -0.05) is 18.2 Å². The summed E-state index contributed by atoms with van der Waals surface area (Å²) < 4.78 is 5.69. The van der Waals surface area contributed by atoms with Gasteiger partial charge >= 0.3 is 0 Å². The summed E-state index contributed by atoms with van der Waals surface area (Å²) in [7, 11) is 3.56. The van der Waals surface area contributed by atoms with Gasteiger partial charge in [0.05, 0.1) is 0 Å². The Morgan fingerprint density at radius 1 is 1.25 bits per heavy atom. The molecule has 0 saturated carbocycles. The zero-order valence-electron chi connectivity index (χ0n) is 14.9. The standard InChI is InChI=1S/C19H29N3O2/c1-21(18(23)19(24-2)9-11-20-12-10-19)15-16-7-3-4-8-17(16)22-13-5-6-14-22/h3-4,7-8,20H,5-6,9-15H2,1-2H3. The Morgan fingerprint density at radius 2 is 1.92 bits per heavy atom. The van der Waals surface area contributed by atoms with E-state index in [-0.39, 0.29) is 5.91 Å². The molecule has 132 valence electrons. The van der Waals surface area contributed by atoms with E-state index in [2.05, 4.69) is 34.5 Å². The molecule has 0 bridgehead atoms. The monoisotopic (exact) mass is 331 g/mol. The number of rotatable bonds is 5. The van der Waals surface area contributed by atoms with Gasteiger partial charge in [0, 0.05) is 39.5 Å². The van der Waals surface area contributed by atoms with Gasteiger partial charge in [-0.25, -0.2) is 0 Å². The minimum Gasteiger partial charge on any atom is -0.371 e. The average molecular weight is 331 g/mol. The number of likely N-dealkylation sites (N-methyl/N-ethyl adjacent to an activating group) is 1. The van der Waals surface area contributed by atoms with Crippen LogP contribution in [0.1, 0.15) is 31.2 Å². The Bertz CT molecular complexity index is 563. The average Bonchev–Trinajstić information content (AvgIpc) is 3.16. The number of benzene rings is 1. The SMILES string of the molecule is COC1(C(=O)N(C)Cc2ccccc2N2CCCC2)CCNCC1. The second-order valence-corrected chi connectivity index (χ2v) is 6.93. The van der Waals surface area contributed by atoms with Gasteiger partial charge in [0.15, 0.2) is 0 Å². The maximum atomic E-state index is 13.0. The predicted molar refractivity (Wildman–Crippen MR) is 96.2 cm³/mol. The van der Waals surface area contributed by atoms with Crippen LogP contribution in [-0.4, -0.2) is 56.7 Å². The first-order valence-electron chi connectivity index (χ1n) is 9.00. The van der Waals surface area contributed by atoms with Crippen molar-refractivity contribution in [3.63, 3.8) is 0 Å². The molecule has 2 heterocycles. The molecule has 1 amide bonds. The van der Waals surface area contributed by atoms with E-state index in [1.54, 1.807) is 7.11 Å². The van der Waals surface area contributed by atoms with Gasteiger partial charge in [-0.2, -0.15) is 0 Å². The molecule has 3 rings (SSSR count). The molecule has 2 aliphatic rings. The van der Waals surface area contributed by atoms with Crippen LogP contribution in [0, 0.1) is 0 Å². The number of hydrogen-bond acceptors (Lipinski definition) is 4. The van der Waals surface area contributed by atoms with Gasteiger partial charge in [-0.3, -0.25) is 4.79 Å². The van der Waals surface area contributed by atoms with Crippen LogP contribution in [0.25, 0.3) is 0 Å². The summed E-state index contributed by atoms with van der Waals surface area (Å²) in [6.07, 6.45) is 3.98. The van der Waals surface area contributed by atoms with Crippen LogP contribution in [0.5, 0.6) is 0 Å². The van der Waals surface area contributed by atoms with E-state index in [0.717, 1.165) is 39.0 Å². The molecule has 1 aromatic carbocycles. The normalized spacial score (nSPS) is 20.2. The van der Waals surface area contributed by atoms with Crippen molar-refractivity contribution in [1.29, 1.82) is 0 Å². The molecule has 0 aromatic heterocycles. The molecule has 1 N–H and O–H groups in total. The Morgan fingerprint density at radius 3 is 2.58 bits per heavy atom. The van der Waals surface area contributed by atoms with Crippen molar-refractivity contribution in [2.24, 2.45) is 0 Å². The zero-order chi connectivity index (χ0) is 17.0. The minimum atomic E-state index is -0.664. The first kappa shape index (κ1) is 17.2. The third-order valence-corrected chi connectivity index (χ3v) is 5.38. The van der Waals surface area contributed by atoms with Crippen molar-refractivity contribution < 1.29 is 9.53 Å². The summed E-state index contributed by atoms with van der Waals surface area (Å²) in [6, 6.07) is 8.46. The smallest absolute Gasteiger partial charge is 0.254 e. The highest BCUT2D eigenvalue weighted by Crippen LogP contribution is 2.28. The van der Waals surface area contributed by atoms with Crippen molar-refractivity contribution in [3.05, 3.63) is 29.8 Å². The van der Waals surface area contributed by atoms with Crippen LogP contribution in [0.4, 0.5) is 5.69 Å². The van der Waals surface area contributed by atoms with Gasteiger partial charge in [-0.15, -0.1) is 0 Å². The number of hydrogen-bond donors (Lipinski definition) is 1. The van der Waals surface area contributed by atoms with Crippen LogP contribution in [-0.2, 0) is 16.1 Å². The molecule has 2 saturated heterocycles. The van der Waals surface area contributed by atoms with Crippen LogP contribution in [0.15, 0.2) is 24.3 Å². The summed E-state index contributed by atoms with van der Waals surface area (Å²) in [5.74, 6) is 0.0997. The van der Waals surface area contributed by atoms with Crippen molar-refractivity contribution in [2.45, 2.75) is 37.8 Å². The number of carbonyl (C=O) groups excluding carboxylic acids is 1. The number of methoxy groups -OCH3 is 1. The lowest BCUT2D eigenvalue weighted by atomic mass is 9.90. The molecule has 0 atom stereocenters. The lowest BCUT2D eigenvalue weighted by Crippen LogP contribution is -2.54. The van der Waals surface area contributed by atoms with Crippen molar-refractivity contribution >= 4 is 11.6 Å². The molecule has 0 radical (unpaired) electrons. The zero-order valence-corrected chi connectivity index (χ0v) is 14.9. The number of ether oxygens (including phenoxy) is 1. The Balaban J connectivity index is 1.74. The highest BCUT2D eigenvalue weighted by Gasteiger charge is 2.41. The van der Waals surface area contributed by atoms with Gasteiger partial charge in [-0.05, 0) is 50.4 Å². The molecule has 0 unspecified atom stereocenters. The van der Waals surface area contributed by atoms with Gasteiger partial charge in [0.2, 0.25) is 0 Å². The molecule has 1 aromatic rings. The molecule has 0 aliphatic carbocycles. The number of carbonyl (C=O) groups is 1. The molecule has 5 heteroatoms. The maximum Gasteiger partial charge on any atom is 0.254 e. The highest BCUT2D eigenvalue weighted by atomic mass is 16.5. The number of nitrogens with zero attached hydrogens (tertiary/aromatic N) is 2. The van der Waals surface area contributed by atoms with Crippen LogP contribution in [0.3, 0.4) is 0 Å². The minimum absolute atomic E-state index is 0.0997. The van der Waals surface area contributed by atoms with Gasteiger partial charge in [0.1, 0.15) is 5.60 Å². The summed E-state index contributed by atoms with van der Waals surface area (Å²) in [6.45, 7) is 4.52. The van der Waals surface area contributed by atoms with E-state index >= 15 is 0 Å². The molecule has 24 heavy (non-hydrogen) atoms. The second kappa shape index (κ2) is 7.53. The Labute approximate surface area is 145 Å². The van der Waals surface area contributed by atoms with Crippen molar-refractivity contribution in [3.8, 4) is 0 Å². The van der Waals surface area contributed by atoms with Crippen molar-refractivity contribution in [2.75, 3.05) is 45.2 Å². The summed E-state index contributed by atoms with van der Waals surface area (Å²) in [4.78, 5) is 17.3. The lowest BCUT2D eigenvalue weighted by Gasteiger charge is -2.38. The molecule has 2 fully saturated rings. The summed E-state index contributed by atoms with van der Waals surface area (Å²) in [5.41, 5.74) is 1.82. The van der Waals surface area contributed by atoms with Crippen molar-refractivity contribution in [1.82, 2.24) is 10.2 Å². The van der Waals surface area contributed by atoms with E-state index in [1.807, 2.05) is 11.9 Å². The van der Waals surface area contributed by atoms with Crippen LogP contribution >= 0.6 is 0 Å². The van der Waals surface area contributed by atoms with Gasteiger partial charge < -0.3 is 19.9 Å². The molecule has 2 aliphatic heterocycles. The summed E-state index contributed by atoms with van der Waals surface area (Å²) >= 11 is 0. The fourth-order valence-corrected chi connectivity index (χ4v) is 3.92. The highest BCUT2D eigenvalue weighted by molar-refractivity contribution is 5.85. The first-order valence-corrected chi connectivity index (χ1v) is 9.00. The molecule has 0 spiro atoms. The number of anilines is 1. The quantitative estimate of drug-likeness (QED) is 0.896. The third-order valence-electron chi connectivity index (χ3n) is 5.38. The maximum absolute atomic E-state index is 13.0. The number of piperidine rings is 1. The van der Waals surface area contributed by atoms with E-state index in [0.29, 0.717) is 6.54 Å². The van der Waals surface area contributed by atoms with E-state index < -0.39 is 5.60 Å². The molecular weight excluding hydrogens is 302 g/mol. The van der Waals surface area contributed by atoms with Crippen LogP contribution < -0.4 is 10.2 Å².